The summed E-state index contributed by atoms with van der Waals surface area (Å²) < 4.78 is 37.7. The molecule has 90 valence electrons. The molecule has 0 fully saturated rings. The van der Waals surface area contributed by atoms with Crippen LogP contribution in [0.5, 0.6) is 0 Å². The summed E-state index contributed by atoms with van der Waals surface area (Å²) in [5.74, 6) is 0. The summed E-state index contributed by atoms with van der Waals surface area (Å²) in [5, 5.41) is 0. The fourth-order valence-corrected chi connectivity index (χ4v) is 1.80. The molecule has 2 nitrogen and oxygen atoms in total. The molecule has 0 amide bonds. The predicted molar refractivity (Wildman–Crippen MR) is 62.0 cm³/mol. The molecule has 0 N–H and O–H groups in total. The molecule has 18 heavy (non-hydrogen) atoms. The van der Waals surface area contributed by atoms with Gasteiger partial charge in [-0.1, -0.05) is 12.1 Å². The van der Waals surface area contributed by atoms with Gasteiger partial charge in [-0.05, 0) is 30.3 Å². The lowest BCUT2D eigenvalue weighted by Crippen LogP contribution is -2.04. The monoisotopic (exact) mass is 248 g/mol. The van der Waals surface area contributed by atoms with Crippen molar-refractivity contribution in [1.29, 1.82) is 0 Å². The predicted octanol–water partition coefficient (Wildman–Crippen LogP) is 3.80. The van der Waals surface area contributed by atoms with Gasteiger partial charge in [-0.2, -0.15) is 13.2 Å². The van der Waals surface area contributed by atoms with Crippen molar-refractivity contribution in [2.24, 2.45) is 0 Å². The minimum absolute atomic E-state index is 0.253. The zero-order chi connectivity index (χ0) is 12.8. The quantitative estimate of drug-likeness (QED) is 0.565. The Hall–Kier alpha value is -2.17. The van der Waals surface area contributed by atoms with Crippen molar-refractivity contribution in [1.82, 2.24) is 9.97 Å². The topological polar surface area (TPSA) is 25.8 Å². The summed E-state index contributed by atoms with van der Waals surface area (Å²) in [6.45, 7) is 0. The van der Waals surface area contributed by atoms with Crippen molar-refractivity contribution in [2.45, 2.75) is 6.18 Å². The summed E-state index contributed by atoms with van der Waals surface area (Å²) in [7, 11) is 0. The van der Waals surface area contributed by atoms with E-state index < -0.39 is 11.7 Å². The van der Waals surface area contributed by atoms with Crippen LogP contribution in [0.2, 0.25) is 0 Å². The van der Waals surface area contributed by atoms with E-state index in [9.17, 15) is 13.2 Å². The standard InChI is InChI=1S/C13H7F3N2/c14-13(15,16)8-5-6-11-12(7-8)18-10-4-2-1-3-9(10)17-11/h1-7H. The van der Waals surface area contributed by atoms with Crippen molar-refractivity contribution in [3.8, 4) is 0 Å². The van der Waals surface area contributed by atoms with E-state index in [0.717, 1.165) is 12.1 Å². The summed E-state index contributed by atoms with van der Waals surface area (Å²) in [6, 6.07) is 10.5. The van der Waals surface area contributed by atoms with Gasteiger partial charge in [0.05, 0.1) is 27.6 Å². The van der Waals surface area contributed by atoms with Gasteiger partial charge in [0.15, 0.2) is 0 Å². The molecular formula is C13H7F3N2. The molecule has 5 heteroatoms. The van der Waals surface area contributed by atoms with E-state index in [0.29, 0.717) is 16.6 Å². The Morgan fingerprint density at radius 1 is 0.722 bits per heavy atom. The number of para-hydroxylation sites is 2. The maximum absolute atomic E-state index is 12.6. The normalized spacial score (nSPS) is 12.2. The highest BCUT2D eigenvalue weighted by atomic mass is 19.4. The van der Waals surface area contributed by atoms with Crippen LogP contribution in [-0.2, 0) is 6.18 Å². The third-order valence-electron chi connectivity index (χ3n) is 2.67. The molecule has 1 heterocycles. The first-order valence-electron chi connectivity index (χ1n) is 5.28. The van der Waals surface area contributed by atoms with E-state index in [1.807, 2.05) is 6.07 Å². The maximum Gasteiger partial charge on any atom is 0.416 e. The first-order chi connectivity index (χ1) is 8.54. The van der Waals surface area contributed by atoms with Crippen LogP contribution in [0.4, 0.5) is 13.2 Å². The van der Waals surface area contributed by atoms with Gasteiger partial charge in [-0.15, -0.1) is 0 Å². The van der Waals surface area contributed by atoms with Gasteiger partial charge in [0.2, 0.25) is 0 Å². The van der Waals surface area contributed by atoms with E-state index in [4.69, 9.17) is 0 Å². The molecule has 0 saturated heterocycles. The molecule has 3 aromatic rings. The Morgan fingerprint density at radius 2 is 1.28 bits per heavy atom. The Labute approximate surface area is 100 Å². The first kappa shape index (κ1) is 11.0. The van der Waals surface area contributed by atoms with Crippen LogP contribution in [0, 0.1) is 0 Å². The van der Waals surface area contributed by atoms with E-state index in [1.54, 1.807) is 18.2 Å². The van der Waals surface area contributed by atoms with Gasteiger partial charge in [0, 0.05) is 0 Å². The van der Waals surface area contributed by atoms with Crippen molar-refractivity contribution >= 4 is 22.1 Å². The number of rotatable bonds is 0. The number of fused-ring (bicyclic) bond motifs is 2. The molecule has 0 radical (unpaired) electrons. The first-order valence-corrected chi connectivity index (χ1v) is 5.28. The molecule has 1 aromatic heterocycles. The zero-order valence-electron chi connectivity index (χ0n) is 9.07. The Kier molecular flexibility index (Phi) is 2.23. The number of hydrogen-bond acceptors (Lipinski definition) is 2. The smallest absolute Gasteiger partial charge is 0.245 e. The third-order valence-corrected chi connectivity index (χ3v) is 2.67. The van der Waals surface area contributed by atoms with Gasteiger partial charge >= 0.3 is 6.18 Å². The van der Waals surface area contributed by atoms with Crippen molar-refractivity contribution in [3.63, 3.8) is 0 Å². The Bertz CT molecular complexity index is 735. The van der Waals surface area contributed by atoms with Crippen molar-refractivity contribution in [2.75, 3.05) is 0 Å². The number of aromatic nitrogens is 2. The zero-order valence-corrected chi connectivity index (χ0v) is 9.07. The lowest BCUT2D eigenvalue weighted by atomic mass is 10.2. The largest absolute Gasteiger partial charge is 0.416 e. The molecule has 0 aliphatic carbocycles. The Morgan fingerprint density at radius 3 is 1.89 bits per heavy atom. The average Bonchev–Trinajstić information content (AvgIpc) is 2.34. The van der Waals surface area contributed by atoms with Crippen LogP contribution in [0.3, 0.4) is 0 Å². The lowest BCUT2D eigenvalue weighted by molar-refractivity contribution is -0.137. The molecule has 0 atom stereocenters. The van der Waals surface area contributed by atoms with Gasteiger partial charge in [0.1, 0.15) is 0 Å². The SMILES string of the molecule is FC(F)(F)c1ccc2nc3ccccc3nc2c1. The maximum atomic E-state index is 12.6. The van der Waals surface area contributed by atoms with E-state index in [-0.39, 0.29) is 5.52 Å². The molecule has 0 aliphatic rings. The minimum atomic E-state index is -4.36. The van der Waals surface area contributed by atoms with Gasteiger partial charge < -0.3 is 0 Å². The second kappa shape index (κ2) is 3.66. The number of nitrogens with zero attached hydrogens (tertiary/aromatic N) is 2. The molecule has 2 aromatic carbocycles. The van der Waals surface area contributed by atoms with Gasteiger partial charge in [0.25, 0.3) is 0 Å². The van der Waals surface area contributed by atoms with Crippen molar-refractivity contribution in [3.05, 3.63) is 48.0 Å². The van der Waals surface area contributed by atoms with Gasteiger partial charge in [-0.25, -0.2) is 9.97 Å². The number of halogens is 3. The van der Waals surface area contributed by atoms with Crippen LogP contribution < -0.4 is 0 Å². The molecule has 0 saturated carbocycles. The highest BCUT2D eigenvalue weighted by Crippen LogP contribution is 2.30. The summed E-state index contributed by atoms with van der Waals surface area (Å²) in [6.07, 6.45) is -4.36. The van der Waals surface area contributed by atoms with Crippen LogP contribution >= 0.6 is 0 Å². The highest BCUT2D eigenvalue weighted by molar-refractivity contribution is 5.86. The van der Waals surface area contributed by atoms with Crippen LogP contribution in [-0.4, -0.2) is 9.97 Å². The fraction of sp³-hybridized carbons (Fsp3) is 0.0769. The minimum Gasteiger partial charge on any atom is -0.245 e. The summed E-state index contributed by atoms with van der Waals surface area (Å²) in [5.41, 5.74) is 1.26. The summed E-state index contributed by atoms with van der Waals surface area (Å²) in [4.78, 5) is 8.46. The lowest BCUT2D eigenvalue weighted by Gasteiger charge is -2.07. The van der Waals surface area contributed by atoms with E-state index in [2.05, 4.69) is 9.97 Å². The van der Waals surface area contributed by atoms with Crippen LogP contribution in [0.25, 0.3) is 22.1 Å². The van der Waals surface area contributed by atoms with Crippen LogP contribution in [0.15, 0.2) is 42.5 Å². The fourth-order valence-electron chi connectivity index (χ4n) is 1.80. The second-order valence-corrected chi connectivity index (χ2v) is 3.91. The van der Waals surface area contributed by atoms with Crippen LogP contribution in [0.1, 0.15) is 5.56 Å². The summed E-state index contributed by atoms with van der Waals surface area (Å²) >= 11 is 0. The Balaban J connectivity index is 2.31. The number of alkyl halides is 3. The van der Waals surface area contributed by atoms with Gasteiger partial charge in [-0.3, -0.25) is 0 Å². The molecule has 3 rings (SSSR count). The van der Waals surface area contributed by atoms with E-state index >= 15 is 0 Å². The second-order valence-electron chi connectivity index (χ2n) is 3.91. The molecule has 0 unspecified atom stereocenters. The van der Waals surface area contributed by atoms with E-state index in [1.165, 1.54) is 6.07 Å². The average molecular weight is 248 g/mol. The van der Waals surface area contributed by atoms with Crippen molar-refractivity contribution < 1.29 is 13.2 Å². The molecule has 0 spiro atoms. The number of hydrogen-bond donors (Lipinski definition) is 0. The molecular weight excluding hydrogens is 241 g/mol. The molecule has 0 aliphatic heterocycles. The molecule has 0 bridgehead atoms. The number of benzene rings is 2. The third kappa shape index (κ3) is 1.77. The highest BCUT2D eigenvalue weighted by Gasteiger charge is 2.30.